The Bertz CT molecular complexity index is 775. The number of rotatable bonds is 7. The molecular formula is C18H18FN3OS. The standard InChI is InChI=1S/C18H18FN3OS/c1-2-22-17(14-8-10-15(19)11-9-14)20-21-18(22)24-13-12-23-16-6-4-3-5-7-16/h3-11H,2,12-13H2,1H3. The van der Waals surface area contributed by atoms with Crippen molar-refractivity contribution in [2.45, 2.75) is 18.6 Å². The first kappa shape index (κ1) is 16.5. The maximum absolute atomic E-state index is 13.1. The van der Waals surface area contributed by atoms with E-state index in [-0.39, 0.29) is 5.82 Å². The van der Waals surface area contributed by atoms with Crippen molar-refractivity contribution in [3.05, 3.63) is 60.4 Å². The first-order valence-corrected chi connectivity index (χ1v) is 8.76. The summed E-state index contributed by atoms with van der Waals surface area (Å²) in [5, 5.41) is 9.35. The highest BCUT2D eigenvalue weighted by atomic mass is 32.2. The molecule has 0 unspecified atom stereocenters. The Morgan fingerprint density at radius 2 is 1.79 bits per heavy atom. The van der Waals surface area contributed by atoms with Crippen molar-refractivity contribution in [2.24, 2.45) is 0 Å². The van der Waals surface area contributed by atoms with Crippen molar-refractivity contribution in [1.82, 2.24) is 14.8 Å². The van der Waals surface area contributed by atoms with Crippen LogP contribution in [0.25, 0.3) is 11.4 Å². The minimum absolute atomic E-state index is 0.256. The third-order valence-electron chi connectivity index (χ3n) is 3.46. The Morgan fingerprint density at radius 3 is 2.50 bits per heavy atom. The van der Waals surface area contributed by atoms with E-state index in [9.17, 15) is 4.39 Å². The molecule has 3 rings (SSSR count). The molecule has 0 fully saturated rings. The van der Waals surface area contributed by atoms with Crippen LogP contribution in [0.15, 0.2) is 59.8 Å². The number of ether oxygens (including phenoxy) is 1. The first-order chi connectivity index (χ1) is 11.8. The van der Waals surface area contributed by atoms with Gasteiger partial charge in [-0.05, 0) is 43.3 Å². The molecule has 6 heteroatoms. The second kappa shape index (κ2) is 7.97. The van der Waals surface area contributed by atoms with Gasteiger partial charge in [-0.3, -0.25) is 0 Å². The molecule has 0 aliphatic heterocycles. The quantitative estimate of drug-likeness (QED) is 0.474. The van der Waals surface area contributed by atoms with Crippen molar-refractivity contribution in [2.75, 3.05) is 12.4 Å². The first-order valence-electron chi connectivity index (χ1n) is 7.77. The third kappa shape index (κ3) is 3.94. The maximum atomic E-state index is 13.1. The zero-order valence-corrected chi connectivity index (χ0v) is 14.2. The van der Waals surface area contributed by atoms with E-state index in [4.69, 9.17) is 4.74 Å². The topological polar surface area (TPSA) is 39.9 Å². The molecule has 0 spiro atoms. The second-order valence-corrected chi connectivity index (χ2v) is 6.13. The lowest BCUT2D eigenvalue weighted by molar-refractivity contribution is 0.344. The van der Waals surface area contributed by atoms with Crippen LogP contribution < -0.4 is 4.74 Å². The second-order valence-electron chi connectivity index (χ2n) is 5.07. The van der Waals surface area contributed by atoms with Crippen LogP contribution in [-0.2, 0) is 6.54 Å². The van der Waals surface area contributed by atoms with Crippen molar-refractivity contribution in [3.63, 3.8) is 0 Å². The Morgan fingerprint density at radius 1 is 1.04 bits per heavy atom. The van der Waals surface area contributed by atoms with Gasteiger partial charge in [0.05, 0.1) is 6.61 Å². The molecule has 1 heterocycles. The molecule has 0 aliphatic carbocycles. The van der Waals surface area contributed by atoms with Crippen LogP contribution in [0.3, 0.4) is 0 Å². The molecule has 1 aromatic heterocycles. The third-order valence-corrected chi connectivity index (χ3v) is 4.39. The van der Waals surface area contributed by atoms with Crippen LogP contribution in [0.1, 0.15) is 6.92 Å². The van der Waals surface area contributed by atoms with E-state index in [1.165, 1.54) is 12.1 Å². The Balaban J connectivity index is 1.63. The number of halogens is 1. The predicted octanol–water partition coefficient (Wildman–Crippen LogP) is 4.28. The van der Waals surface area contributed by atoms with E-state index >= 15 is 0 Å². The number of thioether (sulfide) groups is 1. The van der Waals surface area contributed by atoms with Gasteiger partial charge in [0.1, 0.15) is 11.6 Å². The fraction of sp³-hybridized carbons (Fsp3) is 0.222. The monoisotopic (exact) mass is 343 g/mol. The fourth-order valence-corrected chi connectivity index (χ4v) is 3.12. The molecule has 0 bridgehead atoms. The fourth-order valence-electron chi connectivity index (χ4n) is 2.30. The molecule has 0 amide bonds. The molecule has 0 atom stereocenters. The van der Waals surface area contributed by atoms with Crippen LogP contribution in [0.5, 0.6) is 5.75 Å². The summed E-state index contributed by atoms with van der Waals surface area (Å²) >= 11 is 1.60. The summed E-state index contributed by atoms with van der Waals surface area (Å²) < 4.78 is 20.8. The largest absolute Gasteiger partial charge is 0.493 e. The number of para-hydroxylation sites is 1. The highest BCUT2D eigenvalue weighted by Gasteiger charge is 2.13. The number of hydrogen-bond acceptors (Lipinski definition) is 4. The van der Waals surface area contributed by atoms with Gasteiger partial charge in [-0.25, -0.2) is 4.39 Å². The zero-order valence-electron chi connectivity index (χ0n) is 13.4. The molecule has 4 nitrogen and oxygen atoms in total. The van der Waals surface area contributed by atoms with Gasteiger partial charge < -0.3 is 9.30 Å². The van der Waals surface area contributed by atoms with Crippen LogP contribution in [-0.4, -0.2) is 27.1 Å². The summed E-state index contributed by atoms with van der Waals surface area (Å²) in [5.41, 5.74) is 0.859. The number of nitrogens with zero attached hydrogens (tertiary/aromatic N) is 3. The Hall–Kier alpha value is -2.34. The SMILES string of the molecule is CCn1c(SCCOc2ccccc2)nnc1-c1ccc(F)cc1. The van der Waals surface area contributed by atoms with Crippen molar-refractivity contribution in [1.29, 1.82) is 0 Å². The average Bonchev–Trinajstić information content (AvgIpc) is 3.03. The van der Waals surface area contributed by atoms with E-state index in [1.54, 1.807) is 23.9 Å². The highest BCUT2D eigenvalue weighted by Crippen LogP contribution is 2.24. The molecule has 124 valence electrons. The van der Waals surface area contributed by atoms with Gasteiger partial charge in [-0.1, -0.05) is 30.0 Å². The van der Waals surface area contributed by atoms with Crippen molar-refractivity contribution >= 4 is 11.8 Å². The lowest BCUT2D eigenvalue weighted by Gasteiger charge is -2.08. The average molecular weight is 343 g/mol. The van der Waals surface area contributed by atoms with Crippen molar-refractivity contribution < 1.29 is 9.13 Å². The summed E-state index contributed by atoms with van der Waals surface area (Å²) in [5.74, 6) is 2.14. The van der Waals surface area contributed by atoms with E-state index in [1.807, 2.05) is 41.8 Å². The summed E-state index contributed by atoms with van der Waals surface area (Å²) in [6, 6.07) is 16.0. The molecular weight excluding hydrogens is 325 g/mol. The minimum Gasteiger partial charge on any atom is -0.493 e. The lowest BCUT2D eigenvalue weighted by atomic mass is 10.2. The number of benzene rings is 2. The maximum Gasteiger partial charge on any atom is 0.191 e. The van der Waals surface area contributed by atoms with Gasteiger partial charge in [0.25, 0.3) is 0 Å². The van der Waals surface area contributed by atoms with Crippen LogP contribution in [0, 0.1) is 5.82 Å². The predicted molar refractivity (Wildman–Crippen MR) is 93.8 cm³/mol. The Labute approximate surface area is 144 Å². The van der Waals surface area contributed by atoms with Crippen LogP contribution in [0.2, 0.25) is 0 Å². The smallest absolute Gasteiger partial charge is 0.191 e. The molecule has 0 aliphatic rings. The number of hydrogen-bond donors (Lipinski definition) is 0. The summed E-state index contributed by atoms with van der Waals surface area (Å²) in [6.45, 7) is 3.39. The molecule has 0 saturated heterocycles. The summed E-state index contributed by atoms with van der Waals surface area (Å²) in [4.78, 5) is 0. The van der Waals surface area contributed by atoms with E-state index in [0.29, 0.717) is 6.61 Å². The van der Waals surface area contributed by atoms with Gasteiger partial charge in [-0.2, -0.15) is 0 Å². The summed E-state index contributed by atoms with van der Waals surface area (Å²) in [7, 11) is 0. The molecule has 0 saturated carbocycles. The molecule has 0 N–H and O–H groups in total. The lowest BCUT2D eigenvalue weighted by Crippen LogP contribution is -2.03. The van der Waals surface area contributed by atoms with E-state index in [2.05, 4.69) is 10.2 Å². The van der Waals surface area contributed by atoms with Gasteiger partial charge in [0.15, 0.2) is 11.0 Å². The van der Waals surface area contributed by atoms with Gasteiger partial charge in [0, 0.05) is 17.9 Å². The van der Waals surface area contributed by atoms with Crippen LogP contribution >= 0.6 is 11.8 Å². The Kier molecular flexibility index (Phi) is 5.48. The minimum atomic E-state index is -0.256. The molecule has 3 aromatic rings. The highest BCUT2D eigenvalue weighted by molar-refractivity contribution is 7.99. The number of aromatic nitrogens is 3. The molecule has 0 radical (unpaired) electrons. The molecule has 24 heavy (non-hydrogen) atoms. The van der Waals surface area contributed by atoms with Gasteiger partial charge >= 0.3 is 0 Å². The normalized spacial score (nSPS) is 10.8. The van der Waals surface area contributed by atoms with E-state index in [0.717, 1.165) is 34.6 Å². The van der Waals surface area contributed by atoms with Crippen molar-refractivity contribution in [3.8, 4) is 17.1 Å². The summed E-state index contributed by atoms with van der Waals surface area (Å²) in [6.07, 6.45) is 0. The van der Waals surface area contributed by atoms with Gasteiger partial charge in [0.2, 0.25) is 0 Å². The van der Waals surface area contributed by atoms with Gasteiger partial charge in [-0.15, -0.1) is 10.2 Å². The molecule has 2 aromatic carbocycles. The van der Waals surface area contributed by atoms with E-state index < -0.39 is 0 Å². The zero-order chi connectivity index (χ0) is 16.8. The van der Waals surface area contributed by atoms with Crippen LogP contribution in [0.4, 0.5) is 4.39 Å².